The van der Waals surface area contributed by atoms with Crippen molar-refractivity contribution in [2.24, 2.45) is 29.6 Å². The molecule has 3 fully saturated rings. The van der Waals surface area contributed by atoms with Gasteiger partial charge in [0.05, 0.1) is 33.9 Å². The minimum Gasteiger partial charge on any atom is -0.469 e. The highest BCUT2D eigenvalue weighted by molar-refractivity contribution is 8.00. The van der Waals surface area contributed by atoms with Crippen LogP contribution < -0.4 is 10.2 Å². The summed E-state index contributed by atoms with van der Waals surface area (Å²) < 4.78 is 19.0. The normalized spacial score (nSPS) is 31.9. The molecule has 0 radical (unpaired) electrons. The van der Waals surface area contributed by atoms with E-state index < -0.39 is 23.6 Å². The van der Waals surface area contributed by atoms with E-state index in [9.17, 15) is 23.6 Å². The van der Waals surface area contributed by atoms with Crippen molar-refractivity contribution in [1.29, 1.82) is 0 Å². The summed E-state index contributed by atoms with van der Waals surface area (Å²) in [6, 6.07) is 9.03. The van der Waals surface area contributed by atoms with E-state index in [1.807, 2.05) is 12.1 Å². The van der Waals surface area contributed by atoms with Crippen LogP contribution in [0, 0.1) is 35.4 Å². The second kappa shape index (κ2) is 7.91. The first-order valence-electron chi connectivity index (χ1n) is 11.7. The molecule has 2 N–H and O–H groups in total. The maximum Gasteiger partial charge on any atom is 0.305 e. The number of carbonyl (C=O) groups is 3. The number of hydrogen-bond donors (Lipinski definition) is 2. The number of likely N-dealkylation sites (tertiary alicyclic amines) is 1. The number of fused-ring (bicyclic) bond motifs is 9. The van der Waals surface area contributed by atoms with Gasteiger partial charge in [0.25, 0.3) is 0 Å². The highest BCUT2D eigenvalue weighted by Gasteiger charge is 2.69. The number of aromatic amines is 1. The zero-order valence-corrected chi connectivity index (χ0v) is 20.3. The van der Waals surface area contributed by atoms with Crippen LogP contribution in [-0.4, -0.2) is 39.4 Å². The number of nitrogens with one attached hydrogen (secondary N) is 2. The molecule has 4 aliphatic rings. The Morgan fingerprint density at radius 3 is 2.58 bits per heavy atom. The van der Waals surface area contributed by atoms with Crippen molar-refractivity contribution in [3.63, 3.8) is 0 Å². The van der Waals surface area contributed by atoms with Gasteiger partial charge in [-0.1, -0.05) is 11.3 Å². The van der Waals surface area contributed by atoms with Gasteiger partial charge in [-0.25, -0.2) is 4.39 Å². The molecular formula is C25H20FN3O5S2. The number of aromatic nitrogens is 1. The van der Waals surface area contributed by atoms with Crippen LogP contribution >= 0.6 is 23.1 Å². The zero-order chi connectivity index (χ0) is 24.7. The zero-order valence-electron chi connectivity index (χ0n) is 18.7. The molecule has 184 valence electrons. The number of rotatable bonds is 4. The molecule has 7 atom stereocenters. The number of imide groups is 1. The van der Waals surface area contributed by atoms with Crippen molar-refractivity contribution >= 4 is 46.5 Å². The summed E-state index contributed by atoms with van der Waals surface area (Å²) in [7, 11) is 0. The summed E-state index contributed by atoms with van der Waals surface area (Å²) >= 11 is 2.78. The molecular weight excluding hydrogens is 505 g/mol. The van der Waals surface area contributed by atoms with E-state index in [4.69, 9.17) is 4.42 Å². The van der Waals surface area contributed by atoms with E-state index in [0.717, 1.165) is 27.0 Å². The number of amides is 3. The Morgan fingerprint density at radius 1 is 1.11 bits per heavy atom. The first kappa shape index (κ1) is 22.1. The van der Waals surface area contributed by atoms with Gasteiger partial charge in [-0.2, -0.15) is 0 Å². The summed E-state index contributed by atoms with van der Waals surface area (Å²) in [5.74, 6) is -1.87. The van der Waals surface area contributed by atoms with E-state index in [-0.39, 0.29) is 52.2 Å². The van der Waals surface area contributed by atoms with Crippen LogP contribution in [0.15, 0.2) is 56.9 Å². The van der Waals surface area contributed by atoms with E-state index >= 15 is 0 Å². The second-order valence-corrected chi connectivity index (χ2v) is 12.0. The Hall–Kier alpha value is -3.18. The Kier molecular flexibility index (Phi) is 4.84. The molecule has 2 aliphatic carbocycles. The summed E-state index contributed by atoms with van der Waals surface area (Å²) in [4.78, 5) is 56.7. The Bertz CT molecular complexity index is 1450. The number of benzene rings is 1. The van der Waals surface area contributed by atoms with Crippen molar-refractivity contribution in [3.8, 4) is 0 Å². The van der Waals surface area contributed by atoms with Gasteiger partial charge in [0.1, 0.15) is 18.1 Å². The van der Waals surface area contributed by atoms with Crippen LogP contribution in [0.1, 0.15) is 23.0 Å². The maximum atomic E-state index is 13.5. The van der Waals surface area contributed by atoms with Crippen LogP contribution in [0.3, 0.4) is 0 Å². The van der Waals surface area contributed by atoms with E-state index in [2.05, 4.69) is 10.3 Å². The molecule has 3 aromatic rings. The number of halogens is 1. The van der Waals surface area contributed by atoms with Crippen molar-refractivity contribution < 1.29 is 23.2 Å². The van der Waals surface area contributed by atoms with Crippen molar-refractivity contribution in [3.05, 3.63) is 68.8 Å². The standard InChI is InChI=1S/C25H20FN3O5S2/c26-10-3-5-11(6-4-10)27-15(30)9-29-23(31)17-12-8-13(18(17)24(29)32)20-16(12)19(14-2-1-7-34-14)21-22(35-20)28-25(33)36-21/h1-7,12-13,16-20H,8-9H2,(H,27,30)(H,28,33)/t12?,13?,16?,17?,18?,19-,20?/m1/s1. The lowest BCUT2D eigenvalue weighted by Crippen LogP contribution is -2.42. The average Bonchev–Trinajstić information content (AvgIpc) is 3.66. The lowest BCUT2D eigenvalue weighted by molar-refractivity contribution is -0.143. The van der Waals surface area contributed by atoms with Gasteiger partial charge in [-0.3, -0.25) is 24.1 Å². The first-order valence-corrected chi connectivity index (χ1v) is 13.4. The summed E-state index contributed by atoms with van der Waals surface area (Å²) in [5.41, 5.74) is 0.393. The lowest BCUT2D eigenvalue weighted by atomic mass is 9.69. The molecule has 8 nitrogen and oxygen atoms in total. The van der Waals surface area contributed by atoms with Crippen molar-refractivity contribution in [2.45, 2.75) is 22.6 Å². The number of H-pyrrole nitrogens is 1. The molecule has 36 heavy (non-hydrogen) atoms. The van der Waals surface area contributed by atoms with Gasteiger partial charge in [-0.15, -0.1) is 11.8 Å². The molecule has 2 aromatic heterocycles. The number of thioether (sulfide) groups is 1. The Balaban J connectivity index is 1.17. The van der Waals surface area contributed by atoms with Crippen molar-refractivity contribution in [2.75, 3.05) is 11.9 Å². The maximum absolute atomic E-state index is 13.5. The largest absolute Gasteiger partial charge is 0.469 e. The predicted octanol–water partition coefficient (Wildman–Crippen LogP) is 3.28. The fourth-order valence-electron chi connectivity index (χ4n) is 6.90. The quantitative estimate of drug-likeness (QED) is 0.506. The van der Waals surface area contributed by atoms with Crippen molar-refractivity contribution in [1.82, 2.24) is 9.88 Å². The molecule has 2 aliphatic heterocycles. The molecule has 2 bridgehead atoms. The number of carbonyl (C=O) groups excluding carboxylic acids is 3. The minimum atomic E-state index is -0.504. The molecule has 3 amide bonds. The van der Waals surface area contributed by atoms with Crippen LogP contribution in [0.25, 0.3) is 0 Å². The monoisotopic (exact) mass is 525 g/mol. The first-order chi connectivity index (χ1) is 17.4. The van der Waals surface area contributed by atoms with E-state index in [1.54, 1.807) is 18.0 Å². The SMILES string of the molecule is O=C(CN1C(=O)C2C3CC(C2C1=O)C1C3Sc2[nH]c(=O)sc2[C@@H]1c1ccco1)Nc1ccc(F)cc1. The van der Waals surface area contributed by atoms with Gasteiger partial charge in [-0.05, 0) is 60.6 Å². The molecule has 1 saturated heterocycles. The third-order valence-electron chi connectivity index (χ3n) is 8.09. The number of anilines is 1. The average molecular weight is 526 g/mol. The van der Waals surface area contributed by atoms with Gasteiger partial charge in [0, 0.05) is 10.9 Å². The van der Waals surface area contributed by atoms with Gasteiger partial charge in [0.2, 0.25) is 17.7 Å². The highest BCUT2D eigenvalue weighted by Crippen LogP contribution is 2.68. The third kappa shape index (κ3) is 3.11. The minimum absolute atomic E-state index is 0.0226. The number of hydrogen-bond acceptors (Lipinski definition) is 7. The number of furan rings is 1. The van der Waals surface area contributed by atoms with Crippen LogP contribution in [0.5, 0.6) is 0 Å². The summed E-state index contributed by atoms with van der Waals surface area (Å²) in [6.07, 6.45) is 2.38. The van der Waals surface area contributed by atoms with Crippen LogP contribution in [-0.2, 0) is 14.4 Å². The molecule has 6 unspecified atom stereocenters. The van der Waals surface area contributed by atoms with Crippen LogP contribution in [0.4, 0.5) is 10.1 Å². The molecule has 0 spiro atoms. The fraction of sp³-hybridized carbons (Fsp3) is 0.360. The molecule has 2 saturated carbocycles. The summed E-state index contributed by atoms with van der Waals surface area (Å²) in [6.45, 7) is -0.369. The van der Waals surface area contributed by atoms with Crippen LogP contribution in [0.2, 0.25) is 0 Å². The fourth-order valence-corrected chi connectivity index (χ4v) is 9.77. The number of thiazole rings is 1. The topological polar surface area (TPSA) is 112 Å². The van der Waals surface area contributed by atoms with E-state index in [0.29, 0.717) is 5.69 Å². The Labute approximate surface area is 212 Å². The molecule has 1 aromatic carbocycles. The third-order valence-corrected chi connectivity index (χ3v) is 10.7. The summed E-state index contributed by atoms with van der Waals surface area (Å²) in [5, 5.41) is 3.52. The van der Waals surface area contributed by atoms with Gasteiger partial charge < -0.3 is 14.7 Å². The number of nitrogens with zero attached hydrogens (tertiary/aromatic N) is 1. The second-order valence-electron chi connectivity index (χ2n) is 9.79. The van der Waals surface area contributed by atoms with Gasteiger partial charge >= 0.3 is 4.87 Å². The van der Waals surface area contributed by atoms with Gasteiger partial charge in [0.15, 0.2) is 0 Å². The Morgan fingerprint density at radius 2 is 1.86 bits per heavy atom. The molecule has 4 heterocycles. The molecule has 7 rings (SSSR count). The lowest BCUT2D eigenvalue weighted by Gasteiger charge is -2.42. The highest BCUT2D eigenvalue weighted by atomic mass is 32.2. The molecule has 11 heteroatoms. The predicted molar refractivity (Wildman–Crippen MR) is 129 cm³/mol. The smallest absolute Gasteiger partial charge is 0.305 e. The van der Waals surface area contributed by atoms with E-state index in [1.165, 1.54) is 35.6 Å².